The minimum absolute atomic E-state index is 0.0817. The van der Waals surface area contributed by atoms with Crippen molar-refractivity contribution >= 4 is 17.9 Å². The second-order valence-corrected chi connectivity index (χ2v) is 6.92. The van der Waals surface area contributed by atoms with Crippen LogP contribution in [0.5, 0.6) is 5.75 Å². The third-order valence-electron chi connectivity index (χ3n) is 4.37. The van der Waals surface area contributed by atoms with Crippen molar-refractivity contribution in [3.63, 3.8) is 0 Å². The first kappa shape index (κ1) is 28.9. The van der Waals surface area contributed by atoms with Gasteiger partial charge in [0.1, 0.15) is 11.9 Å². The number of hydrogen-bond acceptors (Lipinski definition) is 7. The smallest absolute Gasteiger partial charge is 0.489 e. The number of hydrogen-bond donors (Lipinski definition) is 3. The summed E-state index contributed by atoms with van der Waals surface area (Å²) < 4.78 is 75.0. The highest BCUT2D eigenvalue weighted by molar-refractivity contribution is 5.73. The Labute approximate surface area is 187 Å². The Bertz CT molecular complexity index is 783. The molecule has 3 N–H and O–H groups in total. The molecule has 2 aliphatic rings. The molecule has 2 aliphatic heterocycles. The number of aliphatic carboxylic acids is 3. The van der Waals surface area contributed by atoms with Crippen LogP contribution in [-0.4, -0.2) is 93.4 Å². The maximum Gasteiger partial charge on any atom is 0.490 e. The fourth-order valence-electron chi connectivity index (χ4n) is 3.06. The molecule has 0 spiro atoms. The van der Waals surface area contributed by atoms with Gasteiger partial charge in [-0.3, -0.25) is 14.7 Å². The standard InChI is InChI=1S/C14H18N2O4.2C2HF3O2/c17-14(18)7-16-10-4-13(5-11(16)9-19-8-10)20-12-2-1-3-15-6-12;2*3-2(4,5)1(6)7/h1-3,6,10-11,13H,4-5,7-9H2,(H,17,18);2*(H,6,7). The van der Waals surface area contributed by atoms with Gasteiger partial charge >= 0.3 is 30.3 Å². The van der Waals surface area contributed by atoms with E-state index in [4.69, 9.17) is 34.4 Å². The van der Waals surface area contributed by atoms with Gasteiger partial charge in [0.15, 0.2) is 0 Å². The predicted octanol–water partition coefficient (Wildman–Crippen LogP) is 2.04. The first-order valence-corrected chi connectivity index (χ1v) is 9.33. The lowest BCUT2D eigenvalue weighted by Crippen LogP contribution is -2.60. The van der Waals surface area contributed by atoms with E-state index >= 15 is 0 Å². The normalized spacial score (nSPS) is 22.2. The third-order valence-corrected chi connectivity index (χ3v) is 4.37. The van der Waals surface area contributed by atoms with Crippen LogP contribution in [0.15, 0.2) is 24.5 Å². The van der Waals surface area contributed by atoms with Crippen LogP contribution in [-0.2, 0) is 19.1 Å². The first-order chi connectivity index (χ1) is 15.6. The zero-order valence-electron chi connectivity index (χ0n) is 17.1. The van der Waals surface area contributed by atoms with E-state index in [1.165, 1.54) is 0 Å². The van der Waals surface area contributed by atoms with Crippen LogP contribution >= 0.6 is 0 Å². The molecule has 0 radical (unpaired) electrons. The van der Waals surface area contributed by atoms with E-state index in [9.17, 15) is 31.1 Å². The molecule has 34 heavy (non-hydrogen) atoms. The summed E-state index contributed by atoms with van der Waals surface area (Å²) >= 11 is 0. The number of rotatable bonds is 4. The number of carbonyl (C=O) groups is 3. The van der Waals surface area contributed by atoms with Gasteiger partial charge in [-0.25, -0.2) is 9.59 Å². The fourth-order valence-corrected chi connectivity index (χ4v) is 3.06. The van der Waals surface area contributed by atoms with Gasteiger partial charge < -0.3 is 24.8 Å². The van der Waals surface area contributed by atoms with Gasteiger partial charge in [-0.15, -0.1) is 0 Å². The summed E-state index contributed by atoms with van der Waals surface area (Å²) in [6.07, 6.45) is -5.07. The average Bonchev–Trinajstić information content (AvgIpc) is 2.68. The number of halogens is 6. The lowest BCUT2D eigenvalue weighted by Gasteiger charge is -2.47. The molecule has 2 unspecified atom stereocenters. The minimum atomic E-state index is -5.08. The molecule has 0 amide bonds. The zero-order chi connectivity index (χ0) is 26.1. The Morgan fingerprint density at radius 1 is 1.00 bits per heavy atom. The maximum absolute atomic E-state index is 10.9. The molecule has 0 aromatic carbocycles. The average molecular weight is 506 g/mol. The van der Waals surface area contributed by atoms with Crippen molar-refractivity contribution in [2.24, 2.45) is 0 Å². The summed E-state index contributed by atoms with van der Waals surface area (Å²) in [5, 5.41) is 23.3. The molecule has 10 nitrogen and oxygen atoms in total. The van der Waals surface area contributed by atoms with Gasteiger partial charge in [0, 0.05) is 31.1 Å². The molecule has 16 heteroatoms. The number of carboxylic acids is 3. The Balaban J connectivity index is 0.000000343. The Hall–Kier alpha value is -3.14. The van der Waals surface area contributed by atoms with Crippen LogP contribution in [0, 0.1) is 0 Å². The van der Waals surface area contributed by atoms with Crippen molar-refractivity contribution in [2.45, 2.75) is 43.4 Å². The first-order valence-electron chi connectivity index (χ1n) is 9.33. The number of carboxylic acid groups (broad SMARTS) is 3. The Kier molecular flexibility index (Phi) is 10.5. The molecule has 2 fully saturated rings. The molecule has 2 saturated heterocycles. The molecule has 2 bridgehead atoms. The second kappa shape index (κ2) is 12.4. The van der Waals surface area contributed by atoms with Gasteiger partial charge in [0.25, 0.3) is 0 Å². The van der Waals surface area contributed by atoms with Crippen molar-refractivity contribution in [1.29, 1.82) is 0 Å². The highest BCUT2D eigenvalue weighted by atomic mass is 19.4. The summed E-state index contributed by atoms with van der Waals surface area (Å²) in [4.78, 5) is 34.8. The van der Waals surface area contributed by atoms with Crippen LogP contribution in [0.3, 0.4) is 0 Å². The topological polar surface area (TPSA) is 146 Å². The molecule has 0 saturated carbocycles. The van der Waals surface area contributed by atoms with E-state index in [0.717, 1.165) is 18.6 Å². The summed E-state index contributed by atoms with van der Waals surface area (Å²) in [5.74, 6) is -5.53. The number of ether oxygens (including phenoxy) is 2. The fraction of sp³-hybridized carbons (Fsp3) is 0.556. The van der Waals surface area contributed by atoms with E-state index in [1.807, 2.05) is 17.0 Å². The Morgan fingerprint density at radius 3 is 1.82 bits per heavy atom. The number of morpholine rings is 1. The predicted molar refractivity (Wildman–Crippen MR) is 98.0 cm³/mol. The molecule has 1 aromatic heterocycles. The lowest BCUT2D eigenvalue weighted by molar-refractivity contribution is -0.193. The van der Waals surface area contributed by atoms with Crippen molar-refractivity contribution in [3.05, 3.63) is 24.5 Å². The summed E-state index contributed by atoms with van der Waals surface area (Å²) in [5.41, 5.74) is 0. The molecular formula is C18H20F6N2O8. The SMILES string of the molecule is O=C(O)C(F)(F)F.O=C(O)C(F)(F)F.O=C(O)CN1C2COCC1CC(Oc1cccnc1)C2. The highest BCUT2D eigenvalue weighted by Crippen LogP contribution is 2.30. The van der Waals surface area contributed by atoms with Crippen LogP contribution in [0.4, 0.5) is 26.3 Å². The molecule has 3 heterocycles. The number of fused-ring (bicyclic) bond motifs is 2. The van der Waals surface area contributed by atoms with E-state index in [0.29, 0.717) is 13.2 Å². The van der Waals surface area contributed by atoms with E-state index in [-0.39, 0.29) is 24.7 Å². The monoisotopic (exact) mass is 506 g/mol. The van der Waals surface area contributed by atoms with Gasteiger partial charge in [0.05, 0.1) is 26.0 Å². The van der Waals surface area contributed by atoms with Gasteiger partial charge in [0.2, 0.25) is 0 Å². The number of aromatic nitrogens is 1. The van der Waals surface area contributed by atoms with Gasteiger partial charge in [-0.2, -0.15) is 26.3 Å². The van der Waals surface area contributed by atoms with Crippen molar-refractivity contribution in [1.82, 2.24) is 9.88 Å². The zero-order valence-corrected chi connectivity index (χ0v) is 17.1. The number of piperidine rings is 1. The second-order valence-electron chi connectivity index (χ2n) is 6.92. The third kappa shape index (κ3) is 10.2. The van der Waals surface area contributed by atoms with Gasteiger partial charge in [-0.05, 0) is 12.1 Å². The van der Waals surface area contributed by atoms with Crippen molar-refractivity contribution < 1.29 is 65.5 Å². The van der Waals surface area contributed by atoms with E-state index < -0.39 is 30.3 Å². The molecule has 192 valence electrons. The summed E-state index contributed by atoms with van der Waals surface area (Å²) in [7, 11) is 0. The summed E-state index contributed by atoms with van der Waals surface area (Å²) in [6, 6.07) is 3.99. The quantitative estimate of drug-likeness (QED) is 0.519. The van der Waals surface area contributed by atoms with Crippen molar-refractivity contribution in [3.8, 4) is 5.75 Å². The van der Waals surface area contributed by atoms with Gasteiger partial charge in [-0.1, -0.05) is 0 Å². The largest absolute Gasteiger partial charge is 0.490 e. The van der Waals surface area contributed by atoms with E-state index in [2.05, 4.69) is 4.98 Å². The number of alkyl halides is 6. The minimum Gasteiger partial charge on any atom is -0.489 e. The molecule has 3 rings (SSSR count). The molecule has 2 atom stereocenters. The Morgan fingerprint density at radius 2 is 1.47 bits per heavy atom. The molecular weight excluding hydrogens is 486 g/mol. The van der Waals surface area contributed by atoms with E-state index in [1.54, 1.807) is 12.4 Å². The van der Waals surface area contributed by atoms with Crippen LogP contribution in [0.25, 0.3) is 0 Å². The molecule has 0 aliphatic carbocycles. The number of pyridine rings is 1. The van der Waals surface area contributed by atoms with Crippen LogP contribution in [0.1, 0.15) is 12.8 Å². The maximum atomic E-state index is 10.9. The molecule has 1 aromatic rings. The van der Waals surface area contributed by atoms with Crippen LogP contribution < -0.4 is 4.74 Å². The summed E-state index contributed by atoms with van der Waals surface area (Å²) in [6.45, 7) is 1.24. The van der Waals surface area contributed by atoms with Crippen LogP contribution in [0.2, 0.25) is 0 Å². The van der Waals surface area contributed by atoms with Crippen molar-refractivity contribution in [2.75, 3.05) is 19.8 Å². The lowest BCUT2D eigenvalue weighted by atomic mass is 9.92. The highest BCUT2D eigenvalue weighted by Gasteiger charge is 2.41. The number of nitrogens with zero attached hydrogens (tertiary/aromatic N) is 2.